The maximum absolute atomic E-state index is 13.3. The predicted octanol–water partition coefficient (Wildman–Crippen LogP) is 4.38. The van der Waals surface area contributed by atoms with Crippen LogP contribution in [0.1, 0.15) is 20.8 Å². The van der Waals surface area contributed by atoms with Crippen LogP contribution >= 0.6 is 23.2 Å². The molecule has 0 spiro atoms. The fraction of sp³-hybridized carbons (Fsp3) is 0.316. The van der Waals surface area contributed by atoms with E-state index in [1.807, 2.05) is 0 Å². The molecule has 0 saturated heterocycles. The lowest BCUT2D eigenvalue weighted by atomic mass is 9.97. The number of fused-ring (bicyclic) bond motifs is 1. The van der Waals surface area contributed by atoms with E-state index in [0.717, 1.165) is 4.57 Å². The molecule has 0 atom stereocenters. The van der Waals surface area contributed by atoms with Gasteiger partial charge in [0.25, 0.3) is 12.0 Å². The van der Waals surface area contributed by atoms with E-state index in [0.29, 0.717) is 0 Å². The summed E-state index contributed by atoms with van der Waals surface area (Å²) in [5, 5.41) is -0.0565. The largest absolute Gasteiger partial charge is 0.423 e. The van der Waals surface area contributed by atoms with Gasteiger partial charge >= 0.3 is 5.97 Å². The predicted molar refractivity (Wildman–Crippen MR) is 108 cm³/mol. The van der Waals surface area contributed by atoms with Crippen molar-refractivity contribution < 1.29 is 18.3 Å². The maximum Gasteiger partial charge on any atom is 0.316 e. The molecule has 7 nitrogen and oxygen atoms in total. The lowest BCUT2D eigenvalue weighted by molar-refractivity contribution is -0.142. The fourth-order valence-electron chi connectivity index (χ4n) is 2.66. The van der Waals surface area contributed by atoms with E-state index in [4.69, 9.17) is 27.9 Å². The molecule has 3 heterocycles. The number of esters is 1. The summed E-state index contributed by atoms with van der Waals surface area (Å²) in [6.07, 6.45) is 2.14. The minimum atomic E-state index is -2.85. The molecule has 0 bridgehead atoms. The van der Waals surface area contributed by atoms with Gasteiger partial charge in [-0.15, -0.1) is 0 Å². The first-order chi connectivity index (χ1) is 14.0. The van der Waals surface area contributed by atoms with Gasteiger partial charge in [-0.05, 0) is 20.8 Å². The van der Waals surface area contributed by atoms with Gasteiger partial charge in [-0.3, -0.25) is 19.1 Å². The Bertz CT molecular complexity index is 1170. The maximum atomic E-state index is 13.3. The number of rotatable bonds is 4. The van der Waals surface area contributed by atoms with Crippen molar-refractivity contribution in [1.29, 1.82) is 0 Å². The highest BCUT2D eigenvalue weighted by Gasteiger charge is 2.31. The van der Waals surface area contributed by atoms with E-state index in [1.54, 1.807) is 20.8 Å². The second-order valence-corrected chi connectivity index (χ2v) is 8.17. The van der Waals surface area contributed by atoms with E-state index in [1.165, 1.54) is 24.8 Å². The zero-order valence-corrected chi connectivity index (χ0v) is 17.6. The smallest absolute Gasteiger partial charge is 0.316 e. The van der Waals surface area contributed by atoms with Crippen molar-refractivity contribution in [3.8, 4) is 16.9 Å². The standard InChI is InChI=1S/C19H16Cl2F2N4O3/c1-19(2,3)18(29)30-15-13(12-9(20)6-24-7-10(12)21)17(28)27(8-11(22)23)16-14(15)25-4-5-26-16/h4-7,11H,8H2,1-3H3. The van der Waals surface area contributed by atoms with Crippen molar-refractivity contribution in [2.45, 2.75) is 33.7 Å². The van der Waals surface area contributed by atoms with Crippen molar-refractivity contribution >= 4 is 40.3 Å². The molecular weight excluding hydrogens is 441 g/mol. The van der Waals surface area contributed by atoms with Crippen LogP contribution in [0.4, 0.5) is 8.78 Å². The molecule has 0 unspecified atom stereocenters. The van der Waals surface area contributed by atoms with Gasteiger partial charge in [-0.25, -0.2) is 18.7 Å². The topological polar surface area (TPSA) is 87.0 Å². The molecule has 3 aromatic heterocycles. The van der Waals surface area contributed by atoms with Crippen molar-refractivity contribution in [2.75, 3.05) is 0 Å². The Morgan fingerprint density at radius 1 is 1.13 bits per heavy atom. The Morgan fingerprint density at radius 2 is 1.73 bits per heavy atom. The van der Waals surface area contributed by atoms with Crippen LogP contribution in [0, 0.1) is 5.41 Å². The van der Waals surface area contributed by atoms with Crippen molar-refractivity contribution in [3.05, 3.63) is 45.2 Å². The molecule has 3 aromatic rings. The lowest BCUT2D eigenvalue weighted by Crippen LogP contribution is -2.30. The van der Waals surface area contributed by atoms with Crippen LogP contribution in [-0.2, 0) is 11.3 Å². The first kappa shape index (κ1) is 22.0. The summed E-state index contributed by atoms with van der Waals surface area (Å²) in [6, 6.07) is 0. The van der Waals surface area contributed by atoms with Crippen molar-refractivity contribution in [2.24, 2.45) is 5.41 Å². The first-order valence-corrected chi connectivity index (χ1v) is 9.45. The number of alkyl halides is 2. The number of pyridine rings is 2. The molecule has 0 N–H and O–H groups in total. The summed E-state index contributed by atoms with van der Waals surface area (Å²) in [4.78, 5) is 37.9. The SMILES string of the molecule is CC(C)(C)C(=O)Oc1c(-c2c(Cl)cncc2Cl)c(=O)n(CC(F)F)c2nccnc12. The van der Waals surface area contributed by atoms with Crippen LogP contribution in [0.5, 0.6) is 5.75 Å². The van der Waals surface area contributed by atoms with Gasteiger partial charge in [0.2, 0.25) is 0 Å². The highest BCUT2D eigenvalue weighted by Crippen LogP contribution is 2.40. The van der Waals surface area contributed by atoms with Gasteiger partial charge in [-0.1, -0.05) is 23.2 Å². The number of hydrogen-bond donors (Lipinski definition) is 0. The Morgan fingerprint density at radius 3 is 2.30 bits per heavy atom. The Labute approximate surface area is 179 Å². The molecule has 0 fully saturated rings. The molecule has 0 amide bonds. The molecule has 11 heteroatoms. The van der Waals surface area contributed by atoms with Crippen LogP contribution in [0.3, 0.4) is 0 Å². The molecule has 0 aliphatic carbocycles. The van der Waals surface area contributed by atoms with Gasteiger partial charge in [0, 0.05) is 30.4 Å². The number of aromatic nitrogens is 4. The number of carbonyl (C=O) groups is 1. The van der Waals surface area contributed by atoms with Crippen molar-refractivity contribution in [3.63, 3.8) is 0 Å². The summed E-state index contributed by atoms with van der Waals surface area (Å²) in [6.45, 7) is 3.91. The average Bonchev–Trinajstić information content (AvgIpc) is 2.65. The van der Waals surface area contributed by atoms with Crippen molar-refractivity contribution in [1.82, 2.24) is 19.5 Å². The monoisotopic (exact) mass is 456 g/mol. The van der Waals surface area contributed by atoms with E-state index in [9.17, 15) is 18.4 Å². The second kappa shape index (κ2) is 8.23. The molecule has 0 aliphatic rings. The summed E-state index contributed by atoms with van der Waals surface area (Å²) < 4.78 is 32.8. The Balaban J connectivity index is 2.48. The highest BCUT2D eigenvalue weighted by molar-refractivity contribution is 6.39. The Hall–Kier alpha value is -2.65. The van der Waals surface area contributed by atoms with Gasteiger partial charge in [-0.2, -0.15) is 0 Å². The summed E-state index contributed by atoms with van der Waals surface area (Å²) in [5.41, 5.74) is -2.35. The van der Waals surface area contributed by atoms with Crippen LogP contribution in [-0.4, -0.2) is 31.9 Å². The molecule has 3 rings (SSSR count). The van der Waals surface area contributed by atoms with Gasteiger partial charge in [0.05, 0.1) is 27.6 Å². The zero-order chi connectivity index (χ0) is 22.2. The molecule has 30 heavy (non-hydrogen) atoms. The molecular formula is C19H16Cl2F2N4O3. The van der Waals surface area contributed by atoms with Crippen LogP contribution in [0.2, 0.25) is 10.0 Å². The second-order valence-electron chi connectivity index (χ2n) is 7.36. The number of nitrogens with zero attached hydrogens (tertiary/aromatic N) is 4. The average molecular weight is 457 g/mol. The van der Waals surface area contributed by atoms with Gasteiger partial charge < -0.3 is 4.74 Å². The molecule has 0 aliphatic heterocycles. The van der Waals surface area contributed by atoms with E-state index < -0.39 is 29.9 Å². The van der Waals surface area contributed by atoms with Gasteiger partial charge in [0.15, 0.2) is 11.4 Å². The third-order valence-corrected chi connectivity index (χ3v) is 4.64. The van der Waals surface area contributed by atoms with Gasteiger partial charge in [0.1, 0.15) is 5.52 Å². The molecule has 0 radical (unpaired) electrons. The van der Waals surface area contributed by atoms with E-state index >= 15 is 0 Å². The molecule has 0 aromatic carbocycles. The number of ether oxygens (including phenoxy) is 1. The van der Waals surface area contributed by atoms with E-state index in [2.05, 4.69) is 15.0 Å². The highest BCUT2D eigenvalue weighted by atomic mass is 35.5. The third kappa shape index (κ3) is 4.13. The Kier molecular flexibility index (Phi) is 6.05. The lowest BCUT2D eigenvalue weighted by Gasteiger charge is -2.21. The summed E-state index contributed by atoms with van der Waals surface area (Å²) >= 11 is 12.4. The zero-order valence-electron chi connectivity index (χ0n) is 16.1. The van der Waals surface area contributed by atoms with Crippen LogP contribution < -0.4 is 10.3 Å². The minimum Gasteiger partial charge on any atom is -0.423 e. The number of halogens is 4. The van der Waals surface area contributed by atoms with E-state index in [-0.39, 0.29) is 38.1 Å². The van der Waals surface area contributed by atoms with Crippen LogP contribution in [0.25, 0.3) is 22.3 Å². The first-order valence-electron chi connectivity index (χ1n) is 8.69. The quantitative estimate of drug-likeness (QED) is 0.541. The minimum absolute atomic E-state index is 0.00869. The summed E-state index contributed by atoms with van der Waals surface area (Å²) in [7, 11) is 0. The third-order valence-electron chi connectivity index (χ3n) is 4.07. The number of carbonyl (C=O) groups excluding carboxylic acids is 1. The summed E-state index contributed by atoms with van der Waals surface area (Å²) in [5.74, 6) is -0.938. The number of hydrogen-bond acceptors (Lipinski definition) is 6. The molecule has 0 saturated carbocycles. The normalized spacial score (nSPS) is 11.9. The fourth-order valence-corrected chi connectivity index (χ4v) is 3.21. The molecule has 158 valence electrons. The van der Waals surface area contributed by atoms with Crippen LogP contribution in [0.15, 0.2) is 29.6 Å².